The van der Waals surface area contributed by atoms with Gasteiger partial charge in [0.15, 0.2) is 0 Å². The lowest BCUT2D eigenvalue weighted by Crippen LogP contribution is -2.41. The van der Waals surface area contributed by atoms with E-state index in [1.165, 1.54) is 32.4 Å². The van der Waals surface area contributed by atoms with Gasteiger partial charge in [-0.05, 0) is 70.0 Å². The molecule has 0 amide bonds. The molecule has 0 radical (unpaired) electrons. The van der Waals surface area contributed by atoms with E-state index in [2.05, 4.69) is 25.7 Å². The van der Waals surface area contributed by atoms with Crippen molar-refractivity contribution in [3.8, 4) is 0 Å². The van der Waals surface area contributed by atoms with Gasteiger partial charge in [-0.2, -0.15) is 0 Å². The first-order valence-electron chi connectivity index (χ1n) is 7.87. The highest BCUT2D eigenvalue weighted by Crippen LogP contribution is 2.34. The van der Waals surface area contributed by atoms with Crippen LogP contribution in [-0.2, 0) is 0 Å². The molecule has 0 aromatic rings. The van der Waals surface area contributed by atoms with E-state index in [1.54, 1.807) is 0 Å². The summed E-state index contributed by atoms with van der Waals surface area (Å²) in [7, 11) is 0. The van der Waals surface area contributed by atoms with Gasteiger partial charge in [0.1, 0.15) is 0 Å². The van der Waals surface area contributed by atoms with Crippen LogP contribution < -0.4 is 5.73 Å². The maximum absolute atomic E-state index is 9.16. The normalized spacial score (nSPS) is 25.9. The molecule has 0 saturated carbocycles. The van der Waals surface area contributed by atoms with Crippen LogP contribution in [0.15, 0.2) is 0 Å². The molecule has 0 aliphatic carbocycles. The second-order valence-corrected chi connectivity index (χ2v) is 7.75. The van der Waals surface area contributed by atoms with Crippen LogP contribution in [0.4, 0.5) is 0 Å². The maximum Gasteiger partial charge on any atom is 0.0608 e. The summed E-state index contributed by atoms with van der Waals surface area (Å²) < 4.78 is 0. The standard InChI is InChI=1S/C16H34N2O/c1-15(2,3)14-7-5-10-18(12-8-14)11-6-9-16(4,17)13-19/h14,19H,5-13,17H2,1-4H3. The van der Waals surface area contributed by atoms with Gasteiger partial charge in [-0.3, -0.25) is 0 Å². The Kier molecular flexibility index (Phi) is 6.28. The molecule has 0 aromatic carbocycles. The molecule has 3 N–H and O–H groups in total. The minimum atomic E-state index is -0.403. The Hall–Kier alpha value is -0.120. The highest BCUT2D eigenvalue weighted by atomic mass is 16.3. The van der Waals surface area contributed by atoms with Crippen LogP contribution in [0, 0.1) is 11.3 Å². The minimum Gasteiger partial charge on any atom is -0.394 e. The van der Waals surface area contributed by atoms with E-state index in [0.29, 0.717) is 5.41 Å². The Morgan fingerprint density at radius 3 is 2.42 bits per heavy atom. The third-order valence-electron chi connectivity index (χ3n) is 4.63. The molecule has 3 nitrogen and oxygen atoms in total. The molecule has 1 fully saturated rings. The molecule has 2 atom stereocenters. The smallest absolute Gasteiger partial charge is 0.0608 e. The Labute approximate surface area is 119 Å². The van der Waals surface area contributed by atoms with E-state index in [9.17, 15) is 0 Å². The summed E-state index contributed by atoms with van der Waals surface area (Å²) in [5.41, 5.74) is 6.02. The Morgan fingerprint density at radius 1 is 1.16 bits per heavy atom. The van der Waals surface area contributed by atoms with Gasteiger partial charge in [0.2, 0.25) is 0 Å². The van der Waals surface area contributed by atoms with Gasteiger partial charge in [0.25, 0.3) is 0 Å². The van der Waals surface area contributed by atoms with Crippen molar-refractivity contribution < 1.29 is 5.11 Å². The van der Waals surface area contributed by atoms with Gasteiger partial charge in [0, 0.05) is 5.54 Å². The van der Waals surface area contributed by atoms with Crippen molar-refractivity contribution in [1.29, 1.82) is 0 Å². The van der Waals surface area contributed by atoms with E-state index in [1.807, 2.05) is 6.92 Å². The number of aliphatic hydroxyl groups excluding tert-OH is 1. The van der Waals surface area contributed by atoms with Crippen LogP contribution in [0.1, 0.15) is 59.8 Å². The van der Waals surface area contributed by atoms with E-state index in [0.717, 1.165) is 25.3 Å². The van der Waals surface area contributed by atoms with Crippen molar-refractivity contribution in [2.75, 3.05) is 26.2 Å². The second-order valence-electron chi connectivity index (χ2n) is 7.75. The summed E-state index contributed by atoms with van der Waals surface area (Å²) >= 11 is 0. The fourth-order valence-electron chi connectivity index (χ4n) is 3.03. The summed E-state index contributed by atoms with van der Waals surface area (Å²) in [6, 6.07) is 0. The SMILES string of the molecule is CC(N)(CO)CCCN1CCCC(C(C)(C)C)CC1. The quantitative estimate of drug-likeness (QED) is 0.807. The molecule has 0 spiro atoms. The Bertz CT molecular complexity index is 258. The molecule has 114 valence electrons. The molecule has 1 rings (SSSR count). The Morgan fingerprint density at radius 2 is 1.84 bits per heavy atom. The molecule has 3 heteroatoms. The number of likely N-dealkylation sites (tertiary alicyclic amines) is 1. The molecule has 1 heterocycles. The maximum atomic E-state index is 9.16. The molecule has 1 aliphatic heterocycles. The molecule has 1 aliphatic rings. The number of nitrogens with zero attached hydrogens (tertiary/aromatic N) is 1. The highest BCUT2D eigenvalue weighted by Gasteiger charge is 2.27. The zero-order valence-electron chi connectivity index (χ0n) is 13.4. The van der Waals surface area contributed by atoms with E-state index in [4.69, 9.17) is 10.8 Å². The minimum absolute atomic E-state index is 0.0824. The van der Waals surface area contributed by atoms with Crippen LogP contribution in [0.2, 0.25) is 0 Å². The second kappa shape index (κ2) is 7.05. The fourth-order valence-corrected chi connectivity index (χ4v) is 3.03. The molecule has 0 aromatic heterocycles. The number of rotatable bonds is 5. The van der Waals surface area contributed by atoms with Crippen molar-refractivity contribution in [3.63, 3.8) is 0 Å². The van der Waals surface area contributed by atoms with Crippen LogP contribution >= 0.6 is 0 Å². The van der Waals surface area contributed by atoms with Crippen molar-refractivity contribution in [1.82, 2.24) is 4.90 Å². The van der Waals surface area contributed by atoms with Gasteiger partial charge >= 0.3 is 0 Å². The summed E-state index contributed by atoms with van der Waals surface area (Å²) in [6.45, 7) is 12.7. The average molecular weight is 270 g/mol. The van der Waals surface area contributed by atoms with Gasteiger partial charge in [-0.15, -0.1) is 0 Å². The largest absolute Gasteiger partial charge is 0.394 e. The summed E-state index contributed by atoms with van der Waals surface area (Å²) in [4.78, 5) is 2.58. The number of hydrogen-bond acceptors (Lipinski definition) is 3. The van der Waals surface area contributed by atoms with E-state index in [-0.39, 0.29) is 6.61 Å². The third-order valence-corrected chi connectivity index (χ3v) is 4.63. The average Bonchev–Trinajstić information content (AvgIpc) is 2.54. The van der Waals surface area contributed by atoms with Gasteiger partial charge < -0.3 is 15.7 Å². The number of aliphatic hydroxyl groups is 1. The van der Waals surface area contributed by atoms with E-state index < -0.39 is 5.54 Å². The number of nitrogens with two attached hydrogens (primary N) is 1. The highest BCUT2D eigenvalue weighted by molar-refractivity contribution is 4.80. The first-order chi connectivity index (χ1) is 8.74. The summed E-state index contributed by atoms with van der Waals surface area (Å²) in [5.74, 6) is 0.856. The van der Waals surface area contributed by atoms with Gasteiger partial charge in [0.05, 0.1) is 6.61 Å². The van der Waals surface area contributed by atoms with Crippen molar-refractivity contribution in [2.24, 2.45) is 17.1 Å². The number of hydrogen-bond donors (Lipinski definition) is 2. The topological polar surface area (TPSA) is 49.5 Å². The fraction of sp³-hybridized carbons (Fsp3) is 1.00. The zero-order valence-corrected chi connectivity index (χ0v) is 13.4. The molecule has 0 bridgehead atoms. The summed E-state index contributed by atoms with van der Waals surface area (Å²) in [5, 5.41) is 9.16. The van der Waals surface area contributed by atoms with Crippen molar-refractivity contribution >= 4 is 0 Å². The molecule has 19 heavy (non-hydrogen) atoms. The molecule has 2 unspecified atom stereocenters. The van der Waals surface area contributed by atoms with Crippen LogP contribution in [0.3, 0.4) is 0 Å². The zero-order chi connectivity index (χ0) is 14.5. The lowest BCUT2D eigenvalue weighted by atomic mass is 9.77. The van der Waals surface area contributed by atoms with E-state index >= 15 is 0 Å². The lowest BCUT2D eigenvalue weighted by Gasteiger charge is -2.30. The predicted molar refractivity (Wildman–Crippen MR) is 82.1 cm³/mol. The Balaban J connectivity index is 2.30. The molecular formula is C16H34N2O. The molecule has 1 saturated heterocycles. The van der Waals surface area contributed by atoms with Crippen molar-refractivity contribution in [3.05, 3.63) is 0 Å². The van der Waals surface area contributed by atoms with Crippen molar-refractivity contribution in [2.45, 2.75) is 65.3 Å². The predicted octanol–water partition coefficient (Wildman–Crippen LogP) is 2.62. The van der Waals surface area contributed by atoms with Gasteiger partial charge in [-0.25, -0.2) is 0 Å². The third kappa shape index (κ3) is 6.24. The summed E-state index contributed by atoms with van der Waals surface area (Å²) in [6.07, 6.45) is 6.01. The first-order valence-corrected chi connectivity index (χ1v) is 7.87. The lowest BCUT2D eigenvalue weighted by molar-refractivity contribution is 0.185. The van der Waals surface area contributed by atoms with Crippen LogP contribution in [0.25, 0.3) is 0 Å². The monoisotopic (exact) mass is 270 g/mol. The van der Waals surface area contributed by atoms with Gasteiger partial charge in [-0.1, -0.05) is 20.8 Å². The first kappa shape index (κ1) is 16.9. The van der Waals surface area contributed by atoms with Crippen LogP contribution in [0.5, 0.6) is 0 Å². The van der Waals surface area contributed by atoms with Crippen LogP contribution in [-0.4, -0.2) is 41.8 Å². The molecular weight excluding hydrogens is 236 g/mol.